The Balaban J connectivity index is 1.38. The summed E-state index contributed by atoms with van der Waals surface area (Å²) in [4.78, 5) is 16.4. The van der Waals surface area contributed by atoms with Crippen LogP contribution in [0.5, 0.6) is 0 Å². The van der Waals surface area contributed by atoms with Gasteiger partial charge in [0.15, 0.2) is 0 Å². The summed E-state index contributed by atoms with van der Waals surface area (Å²) in [5.41, 5.74) is 2.40. The predicted octanol–water partition coefficient (Wildman–Crippen LogP) is 4.18. The second-order valence-electron chi connectivity index (χ2n) is 6.18. The first-order chi connectivity index (χ1) is 13.2. The fourth-order valence-electron chi connectivity index (χ4n) is 2.70. The van der Waals surface area contributed by atoms with Gasteiger partial charge in [-0.05, 0) is 23.3 Å². The summed E-state index contributed by atoms with van der Waals surface area (Å²) in [6.45, 7) is 1.38. The predicted molar refractivity (Wildman–Crippen MR) is 112 cm³/mol. The molecule has 0 aliphatic rings. The first-order valence-electron chi connectivity index (χ1n) is 8.83. The van der Waals surface area contributed by atoms with Crippen LogP contribution in [0.25, 0.3) is 0 Å². The van der Waals surface area contributed by atoms with Crippen LogP contribution in [0.3, 0.4) is 0 Å². The van der Waals surface area contributed by atoms with E-state index in [2.05, 4.69) is 27.0 Å². The Kier molecular flexibility index (Phi) is 7.36. The molecule has 0 aliphatic heterocycles. The van der Waals surface area contributed by atoms with Crippen molar-refractivity contribution >= 4 is 29.3 Å². The number of carbonyl (C=O) groups excluding carboxylic acids is 1. The smallest absolute Gasteiger partial charge is 0.230 e. The quantitative estimate of drug-likeness (QED) is 0.587. The molecule has 27 heavy (non-hydrogen) atoms. The lowest BCUT2D eigenvalue weighted by Crippen LogP contribution is -2.28. The summed E-state index contributed by atoms with van der Waals surface area (Å²) in [7, 11) is 0. The number of carbonyl (C=O) groups is 1. The van der Waals surface area contributed by atoms with E-state index in [1.165, 1.54) is 11.1 Å². The number of rotatable bonds is 9. The molecule has 0 spiro atoms. The maximum atomic E-state index is 12.0. The number of benzene rings is 2. The fourth-order valence-corrected chi connectivity index (χ4v) is 3.64. The number of imidazole rings is 1. The normalized spacial score (nSPS) is 10.7. The highest BCUT2D eigenvalue weighted by Crippen LogP contribution is 2.15. The van der Waals surface area contributed by atoms with E-state index in [-0.39, 0.29) is 5.91 Å². The Bertz CT molecular complexity index is 849. The fraction of sp³-hybridized carbons (Fsp3) is 0.238. The van der Waals surface area contributed by atoms with Crippen LogP contribution >= 0.6 is 23.4 Å². The van der Waals surface area contributed by atoms with Crippen molar-refractivity contribution in [3.8, 4) is 0 Å². The number of nitrogens with zero attached hydrogens (tertiary/aromatic N) is 2. The van der Waals surface area contributed by atoms with Crippen LogP contribution in [0, 0.1) is 0 Å². The van der Waals surface area contributed by atoms with Crippen molar-refractivity contribution in [1.29, 1.82) is 0 Å². The minimum absolute atomic E-state index is 0.0510. The maximum absolute atomic E-state index is 12.0. The summed E-state index contributed by atoms with van der Waals surface area (Å²) < 4.78 is 2.12. The van der Waals surface area contributed by atoms with Gasteiger partial charge in [0.2, 0.25) is 5.91 Å². The standard InChI is InChI=1S/C21H22ClN3OS/c22-19-8-6-18(7-9-19)15-27-16-21(26)24-11-10-20-23-12-13-25(20)14-17-4-2-1-3-5-17/h1-9,12-13H,10-11,14-16H2,(H,24,26). The van der Waals surface area contributed by atoms with Crippen LogP contribution in [0.4, 0.5) is 0 Å². The van der Waals surface area contributed by atoms with Gasteiger partial charge < -0.3 is 9.88 Å². The molecule has 0 aliphatic carbocycles. The molecule has 140 valence electrons. The van der Waals surface area contributed by atoms with Crippen molar-refractivity contribution < 1.29 is 4.79 Å². The van der Waals surface area contributed by atoms with E-state index in [0.717, 1.165) is 23.1 Å². The highest BCUT2D eigenvalue weighted by atomic mass is 35.5. The lowest BCUT2D eigenvalue weighted by Gasteiger charge is -2.09. The van der Waals surface area contributed by atoms with Crippen molar-refractivity contribution in [1.82, 2.24) is 14.9 Å². The molecule has 0 fully saturated rings. The molecule has 0 bridgehead atoms. The molecular weight excluding hydrogens is 378 g/mol. The molecule has 1 aromatic heterocycles. The molecule has 0 saturated carbocycles. The molecule has 2 aromatic carbocycles. The molecule has 0 unspecified atom stereocenters. The monoisotopic (exact) mass is 399 g/mol. The zero-order valence-corrected chi connectivity index (χ0v) is 16.5. The van der Waals surface area contributed by atoms with E-state index in [1.807, 2.05) is 54.9 Å². The zero-order chi connectivity index (χ0) is 18.9. The number of thioether (sulfide) groups is 1. The van der Waals surface area contributed by atoms with Gasteiger partial charge in [-0.15, -0.1) is 11.8 Å². The number of halogens is 1. The summed E-state index contributed by atoms with van der Waals surface area (Å²) in [6, 6.07) is 18.0. The Labute approximate surface area is 169 Å². The number of aromatic nitrogens is 2. The second kappa shape index (κ2) is 10.2. The Morgan fingerprint density at radius 2 is 1.85 bits per heavy atom. The van der Waals surface area contributed by atoms with Crippen molar-refractivity contribution in [3.63, 3.8) is 0 Å². The lowest BCUT2D eigenvalue weighted by molar-refractivity contribution is -0.118. The van der Waals surface area contributed by atoms with E-state index < -0.39 is 0 Å². The molecule has 4 nitrogen and oxygen atoms in total. The SMILES string of the molecule is O=C(CSCc1ccc(Cl)cc1)NCCc1nccn1Cc1ccccc1. The highest BCUT2D eigenvalue weighted by Gasteiger charge is 2.06. The van der Waals surface area contributed by atoms with Gasteiger partial charge in [-0.25, -0.2) is 4.98 Å². The first kappa shape index (κ1) is 19.5. The van der Waals surface area contributed by atoms with E-state index in [9.17, 15) is 4.79 Å². The van der Waals surface area contributed by atoms with Crippen molar-refractivity contribution in [3.05, 3.63) is 89.0 Å². The van der Waals surface area contributed by atoms with Gasteiger partial charge >= 0.3 is 0 Å². The third-order valence-electron chi connectivity index (χ3n) is 4.08. The summed E-state index contributed by atoms with van der Waals surface area (Å²) >= 11 is 7.47. The van der Waals surface area contributed by atoms with Crippen LogP contribution in [0.1, 0.15) is 17.0 Å². The molecule has 0 saturated heterocycles. The van der Waals surface area contributed by atoms with E-state index in [1.54, 1.807) is 11.8 Å². The minimum atomic E-state index is 0.0510. The van der Waals surface area contributed by atoms with E-state index in [4.69, 9.17) is 11.6 Å². The van der Waals surface area contributed by atoms with Gasteiger partial charge in [-0.2, -0.15) is 0 Å². The van der Waals surface area contributed by atoms with Crippen molar-refractivity contribution in [2.45, 2.75) is 18.7 Å². The number of hydrogen-bond donors (Lipinski definition) is 1. The van der Waals surface area contributed by atoms with Gasteiger partial charge in [-0.3, -0.25) is 4.79 Å². The van der Waals surface area contributed by atoms with Gasteiger partial charge in [-0.1, -0.05) is 54.1 Å². The van der Waals surface area contributed by atoms with E-state index in [0.29, 0.717) is 18.7 Å². The third kappa shape index (κ3) is 6.45. The van der Waals surface area contributed by atoms with Crippen LogP contribution in [-0.4, -0.2) is 27.8 Å². The van der Waals surface area contributed by atoms with Crippen LogP contribution in [-0.2, 0) is 23.5 Å². The summed E-state index contributed by atoms with van der Waals surface area (Å²) in [5, 5.41) is 3.70. The highest BCUT2D eigenvalue weighted by molar-refractivity contribution is 7.99. The molecule has 1 N–H and O–H groups in total. The molecule has 0 atom stereocenters. The van der Waals surface area contributed by atoms with Crippen LogP contribution in [0.2, 0.25) is 5.02 Å². The Hall–Kier alpha value is -2.24. The topological polar surface area (TPSA) is 46.9 Å². The summed E-state index contributed by atoms with van der Waals surface area (Å²) in [5.74, 6) is 2.27. The molecular formula is C21H22ClN3OS. The van der Waals surface area contributed by atoms with Gasteiger partial charge in [0, 0.05) is 42.7 Å². The molecule has 3 rings (SSSR count). The van der Waals surface area contributed by atoms with Gasteiger partial charge in [0.1, 0.15) is 5.82 Å². The third-order valence-corrected chi connectivity index (χ3v) is 5.34. The lowest BCUT2D eigenvalue weighted by atomic mass is 10.2. The second-order valence-corrected chi connectivity index (χ2v) is 7.60. The van der Waals surface area contributed by atoms with Gasteiger partial charge in [0.25, 0.3) is 0 Å². The Morgan fingerprint density at radius 3 is 2.63 bits per heavy atom. The molecule has 0 radical (unpaired) electrons. The van der Waals surface area contributed by atoms with E-state index >= 15 is 0 Å². The molecule has 1 amide bonds. The minimum Gasteiger partial charge on any atom is -0.355 e. The average molecular weight is 400 g/mol. The number of nitrogens with one attached hydrogen (secondary N) is 1. The number of hydrogen-bond acceptors (Lipinski definition) is 3. The largest absolute Gasteiger partial charge is 0.355 e. The maximum Gasteiger partial charge on any atom is 0.230 e. The molecule has 6 heteroatoms. The molecule has 3 aromatic rings. The summed E-state index contributed by atoms with van der Waals surface area (Å²) in [6.07, 6.45) is 4.50. The molecule has 1 heterocycles. The first-order valence-corrected chi connectivity index (χ1v) is 10.4. The van der Waals surface area contributed by atoms with Crippen molar-refractivity contribution in [2.75, 3.05) is 12.3 Å². The Morgan fingerprint density at radius 1 is 1.07 bits per heavy atom. The van der Waals surface area contributed by atoms with Crippen molar-refractivity contribution in [2.24, 2.45) is 0 Å². The van der Waals surface area contributed by atoms with Crippen LogP contribution in [0.15, 0.2) is 67.0 Å². The van der Waals surface area contributed by atoms with Gasteiger partial charge in [0.05, 0.1) is 5.75 Å². The zero-order valence-electron chi connectivity index (χ0n) is 15.0. The number of amides is 1. The average Bonchev–Trinajstić information content (AvgIpc) is 3.11. The van der Waals surface area contributed by atoms with Crippen LogP contribution < -0.4 is 5.32 Å².